The number of halogens is 1. The molecule has 1 N–H and O–H groups in total. The van der Waals surface area contributed by atoms with Crippen molar-refractivity contribution in [2.45, 2.75) is 6.92 Å². The minimum absolute atomic E-state index is 0.319. The van der Waals surface area contributed by atoms with Gasteiger partial charge in [-0.3, -0.25) is 4.79 Å². The molecule has 0 atom stereocenters. The van der Waals surface area contributed by atoms with Crippen molar-refractivity contribution < 1.29 is 18.3 Å². The molecular weight excluding hydrogens is 449 g/mol. The highest BCUT2D eigenvalue weighted by molar-refractivity contribution is 6.04. The first-order chi connectivity index (χ1) is 17.0. The molecule has 0 saturated heterocycles. The molecule has 0 aliphatic rings. The number of aryl methyl sites for hydroxylation is 1. The van der Waals surface area contributed by atoms with Crippen molar-refractivity contribution in [3.05, 3.63) is 96.1 Å². The highest BCUT2D eigenvalue weighted by Crippen LogP contribution is 2.30. The molecule has 0 unspecified atom stereocenters. The van der Waals surface area contributed by atoms with Gasteiger partial charge < -0.3 is 14.5 Å². The summed E-state index contributed by atoms with van der Waals surface area (Å²) in [4.78, 5) is 12.4. The third-order valence-electron chi connectivity index (χ3n) is 5.32. The summed E-state index contributed by atoms with van der Waals surface area (Å²) in [6.07, 6.45) is 0. The molecule has 3 aromatic carbocycles. The monoisotopic (exact) mass is 469 g/mol. The second-order valence-electron chi connectivity index (χ2n) is 7.69. The maximum Gasteiger partial charge on any atom is 0.268 e. The topological polar surface area (TPSA) is 95.1 Å². The maximum atomic E-state index is 13.1. The fourth-order valence-electron chi connectivity index (χ4n) is 3.54. The van der Waals surface area contributed by atoms with Gasteiger partial charge in [0, 0.05) is 23.7 Å². The average molecular weight is 469 g/mol. The van der Waals surface area contributed by atoms with E-state index in [9.17, 15) is 9.18 Å². The van der Waals surface area contributed by atoms with Gasteiger partial charge in [-0.05, 0) is 78.9 Å². The molecule has 5 rings (SSSR count). The standard InChI is InChI=1S/C26H20FN5O3/c1-16-29-30-26(35-16)23-15-24(17-5-13-22(34-2)14-6-17)32(31-23)21-11-9-20(10-12-21)28-25(33)18-3-7-19(27)8-4-18/h3-15H,1-2H3,(H,28,33). The summed E-state index contributed by atoms with van der Waals surface area (Å²) in [6.45, 7) is 1.72. The third kappa shape index (κ3) is 4.65. The van der Waals surface area contributed by atoms with Crippen molar-refractivity contribution in [2.24, 2.45) is 0 Å². The number of rotatable bonds is 6. The fraction of sp³-hybridized carbons (Fsp3) is 0.0769. The fourth-order valence-corrected chi connectivity index (χ4v) is 3.54. The molecule has 0 spiro atoms. The van der Waals surface area contributed by atoms with E-state index in [1.54, 1.807) is 30.8 Å². The number of anilines is 1. The van der Waals surface area contributed by atoms with E-state index < -0.39 is 5.82 Å². The van der Waals surface area contributed by atoms with Crippen LogP contribution < -0.4 is 10.1 Å². The molecule has 35 heavy (non-hydrogen) atoms. The Morgan fingerprint density at radius 3 is 2.31 bits per heavy atom. The quantitative estimate of drug-likeness (QED) is 0.363. The van der Waals surface area contributed by atoms with Crippen LogP contribution in [-0.2, 0) is 0 Å². The number of aromatic nitrogens is 4. The molecular formula is C26H20FN5O3. The van der Waals surface area contributed by atoms with Crippen LogP contribution in [0.4, 0.5) is 10.1 Å². The summed E-state index contributed by atoms with van der Waals surface area (Å²) < 4.78 is 25.7. The molecule has 0 radical (unpaired) electrons. The molecule has 0 fully saturated rings. The molecule has 0 aliphatic carbocycles. The summed E-state index contributed by atoms with van der Waals surface area (Å²) in [5.74, 6) is 0.785. The largest absolute Gasteiger partial charge is 0.497 e. The van der Waals surface area contributed by atoms with Gasteiger partial charge in [-0.2, -0.15) is 5.10 Å². The van der Waals surface area contributed by atoms with Crippen LogP contribution in [0.15, 0.2) is 83.3 Å². The van der Waals surface area contributed by atoms with Crippen LogP contribution in [0.1, 0.15) is 16.2 Å². The zero-order chi connectivity index (χ0) is 24.4. The lowest BCUT2D eigenvalue weighted by Gasteiger charge is -2.10. The van der Waals surface area contributed by atoms with Gasteiger partial charge in [-0.1, -0.05) is 0 Å². The molecule has 9 heteroatoms. The molecule has 2 heterocycles. The van der Waals surface area contributed by atoms with Crippen molar-refractivity contribution in [1.82, 2.24) is 20.0 Å². The summed E-state index contributed by atoms with van der Waals surface area (Å²) >= 11 is 0. The van der Waals surface area contributed by atoms with E-state index in [4.69, 9.17) is 14.3 Å². The molecule has 1 amide bonds. The minimum Gasteiger partial charge on any atom is -0.497 e. The number of methoxy groups -OCH3 is 1. The number of carbonyl (C=O) groups excluding carboxylic acids is 1. The third-order valence-corrected chi connectivity index (χ3v) is 5.32. The number of benzene rings is 3. The second kappa shape index (κ2) is 9.22. The molecule has 8 nitrogen and oxygen atoms in total. The van der Waals surface area contributed by atoms with E-state index in [-0.39, 0.29) is 5.91 Å². The SMILES string of the molecule is COc1ccc(-c2cc(-c3nnc(C)o3)nn2-c2ccc(NC(=O)c3ccc(F)cc3)cc2)cc1. The predicted octanol–water partition coefficient (Wildman–Crippen LogP) is 5.30. The Morgan fingerprint density at radius 1 is 0.971 bits per heavy atom. The van der Waals surface area contributed by atoms with Gasteiger partial charge in [0.15, 0.2) is 5.69 Å². The number of hydrogen-bond acceptors (Lipinski definition) is 6. The lowest BCUT2D eigenvalue weighted by Crippen LogP contribution is -2.11. The molecule has 0 saturated carbocycles. The number of nitrogens with zero attached hydrogens (tertiary/aromatic N) is 4. The van der Waals surface area contributed by atoms with Crippen LogP contribution in [0.3, 0.4) is 0 Å². The van der Waals surface area contributed by atoms with E-state index in [0.29, 0.717) is 28.7 Å². The summed E-state index contributed by atoms with van der Waals surface area (Å²) in [5, 5.41) is 15.5. The van der Waals surface area contributed by atoms with Gasteiger partial charge in [-0.15, -0.1) is 10.2 Å². The minimum atomic E-state index is -0.396. The van der Waals surface area contributed by atoms with Crippen molar-refractivity contribution in [3.8, 4) is 34.3 Å². The van der Waals surface area contributed by atoms with Gasteiger partial charge in [0.2, 0.25) is 5.89 Å². The van der Waals surface area contributed by atoms with E-state index in [2.05, 4.69) is 15.5 Å². The highest BCUT2D eigenvalue weighted by Gasteiger charge is 2.17. The molecule has 174 valence electrons. The zero-order valence-corrected chi connectivity index (χ0v) is 18.9. The number of hydrogen-bond donors (Lipinski definition) is 1. The Balaban J connectivity index is 1.47. The van der Waals surface area contributed by atoms with Gasteiger partial charge in [-0.25, -0.2) is 9.07 Å². The molecule has 5 aromatic rings. The summed E-state index contributed by atoms with van der Waals surface area (Å²) in [7, 11) is 1.62. The smallest absolute Gasteiger partial charge is 0.268 e. The summed E-state index contributed by atoms with van der Waals surface area (Å²) in [5.41, 5.74) is 3.97. The Kier molecular flexibility index (Phi) is 5.80. The van der Waals surface area contributed by atoms with E-state index >= 15 is 0 Å². The van der Waals surface area contributed by atoms with Gasteiger partial charge >= 0.3 is 0 Å². The Morgan fingerprint density at radius 2 is 1.69 bits per heavy atom. The van der Waals surface area contributed by atoms with Crippen molar-refractivity contribution in [1.29, 1.82) is 0 Å². The lowest BCUT2D eigenvalue weighted by atomic mass is 10.1. The molecule has 0 bridgehead atoms. The lowest BCUT2D eigenvalue weighted by molar-refractivity contribution is 0.102. The number of ether oxygens (including phenoxy) is 1. The van der Waals surface area contributed by atoms with Gasteiger partial charge in [0.1, 0.15) is 11.6 Å². The summed E-state index contributed by atoms with van der Waals surface area (Å²) in [6, 6.07) is 22.1. The Labute approximate surface area is 200 Å². The Bertz CT molecular complexity index is 1470. The van der Waals surface area contributed by atoms with Crippen LogP contribution >= 0.6 is 0 Å². The van der Waals surface area contributed by atoms with Crippen molar-refractivity contribution >= 4 is 11.6 Å². The van der Waals surface area contributed by atoms with E-state index in [0.717, 1.165) is 22.7 Å². The number of amides is 1. The number of nitrogens with one attached hydrogen (secondary N) is 1. The first kappa shape index (κ1) is 22.0. The number of carbonyl (C=O) groups is 1. The molecule has 2 aromatic heterocycles. The highest BCUT2D eigenvalue weighted by atomic mass is 19.1. The normalized spacial score (nSPS) is 10.8. The van der Waals surface area contributed by atoms with E-state index in [1.165, 1.54) is 24.3 Å². The van der Waals surface area contributed by atoms with Gasteiger partial charge in [0.05, 0.1) is 18.5 Å². The first-order valence-electron chi connectivity index (χ1n) is 10.7. The van der Waals surface area contributed by atoms with Crippen LogP contribution in [-0.4, -0.2) is 33.0 Å². The molecule has 0 aliphatic heterocycles. The van der Waals surface area contributed by atoms with Crippen molar-refractivity contribution in [2.75, 3.05) is 12.4 Å². The second-order valence-corrected chi connectivity index (χ2v) is 7.69. The first-order valence-corrected chi connectivity index (χ1v) is 10.7. The predicted molar refractivity (Wildman–Crippen MR) is 128 cm³/mol. The van der Waals surface area contributed by atoms with Crippen LogP contribution in [0.2, 0.25) is 0 Å². The average Bonchev–Trinajstić information content (AvgIpc) is 3.52. The Hall–Kier alpha value is -4.79. The maximum absolute atomic E-state index is 13.1. The van der Waals surface area contributed by atoms with Crippen LogP contribution in [0.25, 0.3) is 28.5 Å². The van der Waals surface area contributed by atoms with Crippen molar-refractivity contribution in [3.63, 3.8) is 0 Å². The van der Waals surface area contributed by atoms with E-state index in [1.807, 2.05) is 42.5 Å². The van der Waals surface area contributed by atoms with Gasteiger partial charge in [0.25, 0.3) is 11.8 Å². The van der Waals surface area contributed by atoms with Crippen LogP contribution in [0, 0.1) is 12.7 Å². The zero-order valence-electron chi connectivity index (χ0n) is 18.9. The van der Waals surface area contributed by atoms with Crippen LogP contribution in [0.5, 0.6) is 5.75 Å².